The normalized spacial score (nSPS) is 11.5. The second-order valence-corrected chi connectivity index (χ2v) is 9.32. The molecule has 0 heterocycles. The molecule has 0 spiro atoms. The van der Waals surface area contributed by atoms with Crippen molar-refractivity contribution in [2.24, 2.45) is 0 Å². The highest BCUT2D eigenvalue weighted by molar-refractivity contribution is 7.92. The van der Waals surface area contributed by atoms with Crippen molar-refractivity contribution in [3.05, 3.63) is 89.5 Å². The molecular formula is C24H20F3N3O3S. The highest BCUT2D eigenvalue weighted by Gasteiger charge is 2.33. The molecule has 6 nitrogen and oxygen atoms in total. The van der Waals surface area contributed by atoms with Crippen LogP contribution in [-0.4, -0.2) is 20.9 Å². The molecule has 34 heavy (non-hydrogen) atoms. The van der Waals surface area contributed by atoms with Crippen LogP contribution in [0.3, 0.4) is 0 Å². The molecule has 0 bridgehead atoms. The van der Waals surface area contributed by atoms with E-state index in [1.165, 1.54) is 18.2 Å². The number of nitrogens with one attached hydrogen (secondary N) is 1. The van der Waals surface area contributed by atoms with Crippen LogP contribution in [0.25, 0.3) is 0 Å². The van der Waals surface area contributed by atoms with Crippen LogP contribution in [0, 0.1) is 18.3 Å². The van der Waals surface area contributed by atoms with Gasteiger partial charge in [0.05, 0.1) is 28.6 Å². The number of halogens is 3. The molecular weight excluding hydrogens is 467 g/mol. The summed E-state index contributed by atoms with van der Waals surface area (Å²) < 4.78 is 67.1. The topological polar surface area (TPSA) is 90.3 Å². The third kappa shape index (κ3) is 5.94. The first kappa shape index (κ1) is 24.8. The minimum absolute atomic E-state index is 0.163. The predicted molar refractivity (Wildman–Crippen MR) is 122 cm³/mol. The van der Waals surface area contributed by atoms with Gasteiger partial charge in [-0.15, -0.1) is 0 Å². The number of nitriles is 1. The Morgan fingerprint density at radius 3 is 2.26 bits per heavy atom. The van der Waals surface area contributed by atoms with Crippen molar-refractivity contribution in [2.45, 2.75) is 24.4 Å². The molecule has 3 rings (SSSR count). The summed E-state index contributed by atoms with van der Waals surface area (Å²) in [5.74, 6) is -0.749. The van der Waals surface area contributed by atoms with Crippen molar-refractivity contribution >= 4 is 27.3 Å². The second-order valence-electron chi connectivity index (χ2n) is 7.45. The van der Waals surface area contributed by atoms with Crippen LogP contribution >= 0.6 is 0 Å². The molecule has 10 heteroatoms. The number of aryl methyl sites for hydroxylation is 1. The zero-order valence-electron chi connectivity index (χ0n) is 18.0. The number of carbonyl (C=O) groups excluding carboxylic acids is 1. The number of hydrogen-bond acceptors (Lipinski definition) is 4. The van der Waals surface area contributed by atoms with Crippen molar-refractivity contribution in [1.29, 1.82) is 5.26 Å². The van der Waals surface area contributed by atoms with E-state index in [1.54, 1.807) is 43.3 Å². The molecule has 0 aliphatic carbocycles. The van der Waals surface area contributed by atoms with Crippen LogP contribution in [-0.2, 0) is 27.4 Å². The van der Waals surface area contributed by atoms with Gasteiger partial charge in [0.2, 0.25) is 5.91 Å². The SMILES string of the molecule is Cc1ccc(S(=O)(=O)N(CC(=O)Nc2ccc(CC#N)cc2)c2cccc(C(F)(F)F)c2)cc1. The molecule has 176 valence electrons. The molecule has 0 saturated heterocycles. The van der Waals surface area contributed by atoms with E-state index in [-0.39, 0.29) is 17.0 Å². The van der Waals surface area contributed by atoms with Crippen LogP contribution in [0.1, 0.15) is 16.7 Å². The Hall–Kier alpha value is -3.84. The van der Waals surface area contributed by atoms with E-state index >= 15 is 0 Å². The Morgan fingerprint density at radius 1 is 1.03 bits per heavy atom. The summed E-state index contributed by atoms with van der Waals surface area (Å²) in [5, 5.41) is 11.3. The Morgan fingerprint density at radius 2 is 1.68 bits per heavy atom. The van der Waals surface area contributed by atoms with E-state index in [0.717, 1.165) is 23.3 Å². The second kappa shape index (κ2) is 9.97. The lowest BCUT2D eigenvalue weighted by Gasteiger charge is -2.25. The Balaban J connectivity index is 1.96. The van der Waals surface area contributed by atoms with Crippen molar-refractivity contribution < 1.29 is 26.4 Å². The first-order valence-corrected chi connectivity index (χ1v) is 11.5. The summed E-state index contributed by atoms with van der Waals surface area (Å²) >= 11 is 0. The van der Waals surface area contributed by atoms with E-state index in [4.69, 9.17) is 5.26 Å². The maximum absolute atomic E-state index is 13.3. The van der Waals surface area contributed by atoms with Gasteiger partial charge in [0.1, 0.15) is 6.54 Å². The van der Waals surface area contributed by atoms with Crippen LogP contribution in [0.2, 0.25) is 0 Å². The van der Waals surface area contributed by atoms with E-state index in [9.17, 15) is 26.4 Å². The van der Waals surface area contributed by atoms with Gasteiger partial charge in [-0.25, -0.2) is 8.42 Å². The van der Waals surface area contributed by atoms with E-state index < -0.39 is 34.2 Å². The summed E-state index contributed by atoms with van der Waals surface area (Å²) in [5.41, 5.74) is 0.538. The fraction of sp³-hybridized carbons (Fsp3) is 0.167. The zero-order valence-corrected chi connectivity index (χ0v) is 18.8. The lowest BCUT2D eigenvalue weighted by Crippen LogP contribution is -2.38. The molecule has 0 radical (unpaired) electrons. The molecule has 1 amide bonds. The summed E-state index contributed by atoms with van der Waals surface area (Å²) in [4.78, 5) is 12.6. The highest BCUT2D eigenvalue weighted by atomic mass is 32.2. The molecule has 0 aromatic heterocycles. The summed E-state index contributed by atoms with van der Waals surface area (Å²) in [6.07, 6.45) is -4.50. The van der Waals surface area contributed by atoms with Crippen molar-refractivity contribution in [2.75, 3.05) is 16.2 Å². The number of carbonyl (C=O) groups is 1. The minimum Gasteiger partial charge on any atom is -0.325 e. The maximum atomic E-state index is 13.3. The average Bonchev–Trinajstić information content (AvgIpc) is 2.79. The van der Waals surface area contributed by atoms with Gasteiger partial charge in [-0.05, 0) is 55.0 Å². The highest BCUT2D eigenvalue weighted by Crippen LogP contribution is 2.33. The lowest BCUT2D eigenvalue weighted by atomic mass is 10.1. The smallest absolute Gasteiger partial charge is 0.325 e. The van der Waals surface area contributed by atoms with E-state index in [2.05, 4.69) is 5.32 Å². The van der Waals surface area contributed by atoms with Crippen molar-refractivity contribution in [3.8, 4) is 6.07 Å². The predicted octanol–water partition coefficient (Wildman–Crippen LogP) is 4.91. The molecule has 0 saturated carbocycles. The summed E-state index contributed by atoms with van der Waals surface area (Å²) in [6.45, 7) is 1.01. The Kier molecular flexibility index (Phi) is 7.27. The van der Waals surface area contributed by atoms with E-state index in [0.29, 0.717) is 16.1 Å². The number of hydrogen-bond donors (Lipinski definition) is 1. The number of rotatable bonds is 7. The minimum atomic E-state index is -4.69. The average molecular weight is 488 g/mol. The van der Waals surface area contributed by atoms with Crippen LogP contribution < -0.4 is 9.62 Å². The number of benzene rings is 3. The first-order chi connectivity index (χ1) is 16.0. The number of alkyl halides is 3. The fourth-order valence-corrected chi connectivity index (χ4v) is 4.53. The quantitative estimate of drug-likeness (QED) is 0.513. The molecule has 0 atom stereocenters. The van der Waals surface area contributed by atoms with Crippen molar-refractivity contribution in [3.63, 3.8) is 0 Å². The lowest BCUT2D eigenvalue weighted by molar-refractivity contribution is -0.137. The van der Waals surface area contributed by atoms with Crippen LogP contribution in [0.4, 0.5) is 24.5 Å². The molecule has 0 fully saturated rings. The molecule has 3 aromatic rings. The van der Waals surface area contributed by atoms with Crippen LogP contribution in [0.5, 0.6) is 0 Å². The monoisotopic (exact) mass is 487 g/mol. The first-order valence-electron chi connectivity index (χ1n) is 10.0. The number of anilines is 2. The Bertz CT molecular complexity index is 1310. The molecule has 1 N–H and O–H groups in total. The third-order valence-electron chi connectivity index (χ3n) is 4.88. The van der Waals surface area contributed by atoms with Gasteiger partial charge < -0.3 is 5.32 Å². The van der Waals surface area contributed by atoms with Gasteiger partial charge in [-0.1, -0.05) is 35.9 Å². The van der Waals surface area contributed by atoms with Crippen molar-refractivity contribution in [1.82, 2.24) is 0 Å². The zero-order chi connectivity index (χ0) is 24.9. The fourth-order valence-electron chi connectivity index (χ4n) is 3.12. The van der Waals surface area contributed by atoms with Gasteiger partial charge in [0.25, 0.3) is 10.0 Å². The van der Waals surface area contributed by atoms with E-state index in [1.807, 2.05) is 6.07 Å². The largest absolute Gasteiger partial charge is 0.416 e. The van der Waals surface area contributed by atoms with Gasteiger partial charge in [0, 0.05) is 5.69 Å². The molecule has 0 aliphatic rings. The van der Waals surface area contributed by atoms with Gasteiger partial charge in [0.15, 0.2) is 0 Å². The molecule has 3 aromatic carbocycles. The summed E-state index contributed by atoms with van der Waals surface area (Å²) in [6, 6.07) is 17.9. The maximum Gasteiger partial charge on any atom is 0.416 e. The van der Waals surface area contributed by atoms with Crippen LogP contribution in [0.15, 0.2) is 77.7 Å². The Labute approximate surface area is 195 Å². The summed E-state index contributed by atoms with van der Waals surface area (Å²) in [7, 11) is -4.37. The molecule has 0 unspecified atom stereocenters. The standard InChI is InChI=1S/C24H20F3N3O3S/c1-17-5-11-22(12-6-17)34(32,33)30(21-4-2-3-19(15-21)24(25,26)27)16-23(31)29-20-9-7-18(8-10-20)13-14-28/h2-12,15H,13,16H2,1H3,(H,29,31). The molecule has 0 aliphatic heterocycles. The van der Waals surface area contributed by atoms with Gasteiger partial charge in [-0.2, -0.15) is 18.4 Å². The number of nitrogens with zero attached hydrogens (tertiary/aromatic N) is 2. The number of sulfonamides is 1. The van der Waals surface area contributed by atoms with Gasteiger partial charge >= 0.3 is 6.18 Å². The number of amides is 1. The third-order valence-corrected chi connectivity index (χ3v) is 6.67. The van der Waals surface area contributed by atoms with Gasteiger partial charge in [-0.3, -0.25) is 9.10 Å².